The predicted octanol–water partition coefficient (Wildman–Crippen LogP) is 1.65. The van der Waals surface area contributed by atoms with Gasteiger partial charge in [-0.15, -0.1) is 0 Å². The van der Waals surface area contributed by atoms with Crippen molar-refractivity contribution in [3.05, 3.63) is 59.1 Å². The first-order valence-corrected chi connectivity index (χ1v) is 9.14. The molecule has 1 heterocycles. The molecule has 138 valence electrons. The smallest absolute Gasteiger partial charge is 0.260 e. The second-order valence-electron chi connectivity index (χ2n) is 6.40. The molecule has 0 saturated carbocycles. The summed E-state index contributed by atoms with van der Waals surface area (Å²) in [4.78, 5) is 15.7. The highest BCUT2D eigenvalue weighted by molar-refractivity contribution is 6.30. The van der Waals surface area contributed by atoms with Crippen molar-refractivity contribution < 1.29 is 19.2 Å². The number of hydrogen-bond acceptors (Lipinski definition) is 3. The summed E-state index contributed by atoms with van der Waals surface area (Å²) in [7, 11) is 1.62. The average Bonchev–Trinajstić information content (AvgIpc) is 2.67. The summed E-state index contributed by atoms with van der Waals surface area (Å²) in [6.07, 6.45) is 0. The lowest BCUT2D eigenvalue weighted by atomic mass is 10.2. The van der Waals surface area contributed by atoms with E-state index in [2.05, 4.69) is 6.07 Å². The SMILES string of the molecule is COc1ccc(OCC(=O)N2CC[NH+](Cc3cccc(Cl)c3)CC2)cc1. The lowest BCUT2D eigenvalue weighted by Crippen LogP contribution is -3.13. The van der Waals surface area contributed by atoms with Gasteiger partial charge in [0.05, 0.1) is 33.3 Å². The third kappa shape index (κ3) is 5.13. The van der Waals surface area contributed by atoms with Gasteiger partial charge in [0, 0.05) is 10.6 Å². The molecule has 2 aromatic carbocycles. The number of hydrogen-bond donors (Lipinski definition) is 1. The second-order valence-corrected chi connectivity index (χ2v) is 6.84. The van der Waals surface area contributed by atoms with Crippen LogP contribution >= 0.6 is 11.6 Å². The standard InChI is InChI=1S/C20H23ClN2O3/c1-25-18-5-7-19(8-6-18)26-15-20(24)23-11-9-22(10-12-23)14-16-3-2-4-17(21)13-16/h2-8,13H,9-12,14-15H2,1H3/p+1. The molecule has 1 aliphatic rings. The van der Waals surface area contributed by atoms with Crippen LogP contribution in [-0.4, -0.2) is 50.7 Å². The number of nitrogens with zero attached hydrogens (tertiary/aromatic N) is 1. The van der Waals surface area contributed by atoms with Crippen LogP contribution in [-0.2, 0) is 11.3 Å². The molecular weight excluding hydrogens is 352 g/mol. The summed E-state index contributed by atoms with van der Waals surface area (Å²) in [5.41, 5.74) is 1.23. The summed E-state index contributed by atoms with van der Waals surface area (Å²) < 4.78 is 10.7. The van der Waals surface area contributed by atoms with Crippen molar-refractivity contribution >= 4 is 17.5 Å². The Balaban J connectivity index is 1.42. The number of quaternary nitrogens is 1. The van der Waals surface area contributed by atoms with Gasteiger partial charge in [0.15, 0.2) is 6.61 Å². The number of carbonyl (C=O) groups excluding carboxylic acids is 1. The number of ether oxygens (including phenoxy) is 2. The van der Waals surface area contributed by atoms with Gasteiger partial charge >= 0.3 is 0 Å². The molecule has 0 radical (unpaired) electrons. The van der Waals surface area contributed by atoms with Gasteiger partial charge in [-0.1, -0.05) is 23.7 Å². The minimum absolute atomic E-state index is 0.0302. The van der Waals surface area contributed by atoms with Gasteiger partial charge in [-0.3, -0.25) is 4.79 Å². The quantitative estimate of drug-likeness (QED) is 0.835. The number of rotatable bonds is 6. The van der Waals surface area contributed by atoms with E-state index in [1.54, 1.807) is 19.2 Å². The Morgan fingerprint density at radius 1 is 1.12 bits per heavy atom. The number of methoxy groups -OCH3 is 1. The van der Waals surface area contributed by atoms with Crippen molar-refractivity contribution in [3.8, 4) is 11.5 Å². The highest BCUT2D eigenvalue weighted by Gasteiger charge is 2.24. The summed E-state index contributed by atoms with van der Waals surface area (Å²) in [5.74, 6) is 1.47. The molecule has 3 rings (SSSR count). The van der Waals surface area contributed by atoms with E-state index < -0.39 is 0 Å². The molecule has 1 N–H and O–H groups in total. The first-order valence-electron chi connectivity index (χ1n) is 8.76. The lowest BCUT2D eigenvalue weighted by molar-refractivity contribution is -0.917. The zero-order valence-corrected chi connectivity index (χ0v) is 15.7. The minimum atomic E-state index is 0.0302. The van der Waals surface area contributed by atoms with E-state index in [-0.39, 0.29) is 12.5 Å². The Kier molecular flexibility index (Phi) is 6.36. The van der Waals surface area contributed by atoms with E-state index in [4.69, 9.17) is 21.1 Å². The van der Waals surface area contributed by atoms with Crippen molar-refractivity contribution in [2.45, 2.75) is 6.54 Å². The van der Waals surface area contributed by atoms with Crippen LogP contribution in [0.25, 0.3) is 0 Å². The van der Waals surface area contributed by atoms with E-state index >= 15 is 0 Å². The van der Waals surface area contributed by atoms with Crippen LogP contribution in [0.3, 0.4) is 0 Å². The molecule has 26 heavy (non-hydrogen) atoms. The van der Waals surface area contributed by atoms with Crippen LogP contribution in [0, 0.1) is 0 Å². The third-order valence-electron chi connectivity index (χ3n) is 4.59. The van der Waals surface area contributed by atoms with Crippen LogP contribution in [0.4, 0.5) is 0 Å². The number of benzene rings is 2. The number of amides is 1. The van der Waals surface area contributed by atoms with Gasteiger partial charge in [-0.2, -0.15) is 0 Å². The third-order valence-corrected chi connectivity index (χ3v) is 4.82. The molecule has 1 fully saturated rings. The van der Waals surface area contributed by atoms with Crippen LogP contribution < -0.4 is 14.4 Å². The first-order chi connectivity index (χ1) is 12.6. The zero-order chi connectivity index (χ0) is 18.4. The summed E-state index contributed by atoms with van der Waals surface area (Å²) >= 11 is 6.05. The fourth-order valence-corrected chi connectivity index (χ4v) is 3.31. The first kappa shape index (κ1) is 18.5. The molecule has 1 saturated heterocycles. The topological polar surface area (TPSA) is 43.2 Å². The zero-order valence-electron chi connectivity index (χ0n) is 14.9. The van der Waals surface area contributed by atoms with Gasteiger partial charge in [0.25, 0.3) is 5.91 Å². The van der Waals surface area contributed by atoms with Gasteiger partial charge in [-0.05, 0) is 36.4 Å². The molecule has 0 aliphatic carbocycles. The van der Waals surface area contributed by atoms with Crippen molar-refractivity contribution in [1.29, 1.82) is 0 Å². The van der Waals surface area contributed by atoms with E-state index in [9.17, 15) is 4.79 Å². The van der Waals surface area contributed by atoms with E-state index in [1.165, 1.54) is 10.5 Å². The Morgan fingerprint density at radius 3 is 2.46 bits per heavy atom. The molecule has 6 heteroatoms. The van der Waals surface area contributed by atoms with Crippen molar-refractivity contribution in [3.63, 3.8) is 0 Å². The Morgan fingerprint density at radius 2 is 1.81 bits per heavy atom. The Labute approximate surface area is 159 Å². The van der Waals surface area contributed by atoms with E-state index in [1.807, 2.05) is 35.2 Å². The molecule has 0 spiro atoms. The lowest BCUT2D eigenvalue weighted by Gasteiger charge is -2.32. The summed E-state index contributed by atoms with van der Waals surface area (Å²) in [6.45, 7) is 4.36. The fourth-order valence-electron chi connectivity index (χ4n) is 3.09. The normalized spacial score (nSPS) is 14.9. The predicted molar refractivity (Wildman–Crippen MR) is 101 cm³/mol. The number of piperazine rings is 1. The number of carbonyl (C=O) groups is 1. The Bertz CT molecular complexity index is 728. The molecule has 2 aromatic rings. The Hall–Kier alpha value is -2.24. The number of halogens is 1. The van der Waals surface area contributed by atoms with E-state index in [0.717, 1.165) is 43.5 Å². The minimum Gasteiger partial charge on any atom is -0.497 e. The molecule has 1 amide bonds. The van der Waals surface area contributed by atoms with Gasteiger partial charge in [0.1, 0.15) is 18.0 Å². The maximum Gasteiger partial charge on any atom is 0.260 e. The maximum atomic E-state index is 12.4. The second kappa shape index (κ2) is 8.92. The molecule has 1 aliphatic heterocycles. The molecule has 5 nitrogen and oxygen atoms in total. The molecular formula is C20H24ClN2O3+. The summed E-state index contributed by atoms with van der Waals surface area (Å²) in [5, 5.41) is 0.770. The van der Waals surface area contributed by atoms with Crippen LogP contribution in [0.2, 0.25) is 5.02 Å². The van der Waals surface area contributed by atoms with Crippen molar-refractivity contribution in [2.75, 3.05) is 39.9 Å². The van der Waals surface area contributed by atoms with Crippen LogP contribution in [0.15, 0.2) is 48.5 Å². The van der Waals surface area contributed by atoms with Crippen LogP contribution in [0.5, 0.6) is 11.5 Å². The molecule has 0 bridgehead atoms. The van der Waals surface area contributed by atoms with Gasteiger partial charge in [0.2, 0.25) is 0 Å². The highest BCUT2D eigenvalue weighted by atomic mass is 35.5. The van der Waals surface area contributed by atoms with Crippen LogP contribution in [0.1, 0.15) is 5.56 Å². The number of nitrogens with one attached hydrogen (secondary N) is 1. The average molecular weight is 376 g/mol. The van der Waals surface area contributed by atoms with Crippen molar-refractivity contribution in [2.24, 2.45) is 0 Å². The monoisotopic (exact) mass is 375 g/mol. The summed E-state index contributed by atoms with van der Waals surface area (Å²) in [6, 6.07) is 15.2. The van der Waals surface area contributed by atoms with Gasteiger partial charge < -0.3 is 19.3 Å². The van der Waals surface area contributed by atoms with E-state index in [0.29, 0.717) is 5.75 Å². The highest BCUT2D eigenvalue weighted by Crippen LogP contribution is 2.17. The van der Waals surface area contributed by atoms with Gasteiger partial charge in [-0.25, -0.2) is 0 Å². The van der Waals surface area contributed by atoms with Crippen molar-refractivity contribution in [1.82, 2.24) is 4.90 Å². The fraction of sp³-hybridized carbons (Fsp3) is 0.350. The maximum absolute atomic E-state index is 12.4. The molecule has 0 unspecified atom stereocenters. The molecule has 0 aromatic heterocycles. The largest absolute Gasteiger partial charge is 0.497 e. The molecule has 0 atom stereocenters.